The molecule has 1 atom stereocenters. The Morgan fingerprint density at radius 2 is 2.33 bits per heavy atom. The van der Waals surface area contributed by atoms with Crippen LogP contribution in [0.15, 0.2) is 29.1 Å². The van der Waals surface area contributed by atoms with E-state index in [2.05, 4.69) is 10.3 Å². The molecule has 4 N–H and O–H groups in total. The number of carbonyl (C=O) groups is 1. The average Bonchev–Trinajstić information content (AvgIpc) is 2.85. The number of hydrogen-bond acceptors (Lipinski definition) is 5. The molecular weight excluding hydrogens is 250 g/mol. The third kappa shape index (κ3) is 2.43. The van der Waals surface area contributed by atoms with Gasteiger partial charge in [0.25, 0.3) is 0 Å². The Hall–Kier alpha value is -2.08. The number of aromatic carboxylic acids is 1. The SMILES string of the molecule is CC(Nc1nccc(C(=O)O)c1N)c1ccsc1. The van der Waals surface area contributed by atoms with E-state index in [0.29, 0.717) is 5.82 Å². The lowest BCUT2D eigenvalue weighted by Gasteiger charge is -2.15. The highest BCUT2D eigenvalue weighted by molar-refractivity contribution is 7.07. The van der Waals surface area contributed by atoms with E-state index in [-0.39, 0.29) is 17.3 Å². The monoisotopic (exact) mass is 263 g/mol. The Bertz CT molecular complexity index is 554. The van der Waals surface area contributed by atoms with Crippen LogP contribution in [0.3, 0.4) is 0 Å². The molecule has 0 radical (unpaired) electrons. The van der Waals surface area contributed by atoms with Gasteiger partial charge in [-0.05, 0) is 35.4 Å². The summed E-state index contributed by atoms with van der Waals surface area (Å²) in [5.41, 5.74) is 7.12. The molecular formula is C12H13N3O2S. The van der Waals surface area contributed by atoms with Crippen molar-refractivity contribution in [2.75, 3.05) is 11.1 Å². The maximum atomic E-state index is 11.0. The third-order valence-electron chi connectivity index (χ3n) is 2.62. The molecule has 94 valence electrons. The number of pyridine rings is 1. The molecule has 0 saturated carbocycles. The number of carboxylic acids is 1. The number of aromatic nitrogens is 1. The molecule has 2 aromatic rings. The zero-order valence-electron chi connectivity index (χ0n) is 9.75. The zero-order chi connectivity index (χ0) is 13.1. The first-order chi connectivity index (χ1) is 8.59. The minimum absolute atomic E-state index is 0.0232. The quantitative estimate of drug-likeness (QED) is 0.789. The van der Waals surface area contributed by atoms with Gasteiger partial charge in [0.1, 0.15) is 0 Å². The topological polar surface area (TPSA) is 88.2 Å². The summed E-state index contributed by atoms with van der Waals surface area (Å²) in [5, 5.41) is 16.1. The molecule has 1 unspecified atom stereocenters. The van der Waals surface area contributed by atoms with Gasteiger partial charge in [0.2, 0.25) is 0 Å². The molecule has 2 aromatic heterocycles. The van der Waals surface area contributed by atoms with E-state index in [0.717, 1.165) is 5.56 Å². The molecule has 5 nitrogen and oxygen atoms in total. The molecule has 0 aliphatic heterocycles. The van der Waals surface area contributed by atoms with Crippen LogP contribution in [0.25, 0.3) is 0 Å². The lowest BCUT2D eigenvalue weighted by molar-refractivity contribution is 0.0698. The van der Waals surface area contributed by atoms with Crippen LogP contribution in [0.4, 0.5) is 11.5 Å². The first-order valence-corrected chi connectivity index (χ1v) is 6.30. The fourth-order valence-corrected chi connectivity index (χ4v) is 2.34. The highest BCUT2D eigenvalue weighted by Crippen LogP contribution is 2.25. The molecule has 18 heavy (non-hydrogen) atoms. The molecule has 0 aromatic carbocycles. The molecule has 0 spiro atoms. The Morgan fingerprint density at radius 1 is 1.56 bits per heavy atom. The summed E-state index contributed by atoms with van der Waals surface area (Å²) in [6.45, 7) is 1.97. The van der Waals surface area contributed by atoms with Crippen LogP contribution in [0.5, 0.6) is 0 Å². The number of thiophene rings is 1. The highest BCUT2D eigenvalue weighted by Gasteiger charge is 2.14. The number of anilines is 2. The van der Waals surface area contributed by atoms with Crippen molar-refractivity contribution >= 4 is 28.8 Å². The lowest BCUT2D eigenvalue weighted by Crippen LogP contribution is -2.12. The highest BCUT2D eigenvalue weighted by atomic mass is 32.1. The fraction of sp³-hybridized carbons (Fsp3) is 0.167. The standard InChI is InChI=1S/C12H13N3O2S/c1-7(8-3-5-18-6-8)15-11-10(13)9(12(16)17)2-4-14-11/h2-7H,13H2,1H3,(H,14,15)(H,16,17). The summed E-state index contributed by atoms with van der Waals surface area (Å²) in [6, 6.07) is 3.41. The average molecular weight is 263 g/mol. The van der Waals surface area contributed by atoms with Crippen molar-refractivity contribution in [3.05, 3.63) is 40.2 Å². The Labute approximate surface area is 108 Å². The summed E-state index contributed by atoms with van der Waals surface area (Å²) >= 11 is 1.60. The van der Waals surface area contributed by atoms with Gasteiger partial charge >= 0.3 is 5.97 Å². The summed E-state index contributed by atoms with van der Waals surface area (Å²) in [5.74, 6) is -0.658. The second-order valence-corrected chi connectivity index (χ2v) is 4.63. The predicted molar refractivity (Wildman–Crippen MR) is 72.0 cm³/mol. The van der Waals surface area contributed by atoms with Crippen LogP contribution in [-0.2, 0) is 0 Å². The summed E-state index contributed by atoms with van der Waals surface area (Å²) in [6.07, 6.45) is 1.43. The van der Waals surface area contributed by atoms with Gasteiger partial charge in [-0.15, -0.1) is 0 Å². The molecule has 0 aliphatic rings. The van der Waals surface area contributed by atoms with Gasteiger partial charge in [-0.1, -0.05) is 0 Å². The maximum Gasteiger partial charge on any atom is 0.337 e. The molecule has 2 heterocycles. The fourth-order valence-electron chi connectivity index (χ4n) is 1.58. The molecule has 6 heteroatoms. The van der Waals surface area contributed by atoms with Crippen LogP contribution in [0, 0.1) is 0 Å². The van der Waals surface area contributed by atoms with Gasteiger partial charge in [0.15, 0.2) is 5.82 Å². The molecule has 0 saturated heterocycles. The minimum Gasteiger partial charge on any atom is -0.478 e. The second-order valence-electron chi connectivity index (χ2n) is 3.85. The summed E-state index contributed by atoms with van der Waals surface area (Å²) < 4.78 is 0. The molecule has 0 amide bonds. The molecule has 0 aliphatic carbocycles. The largest absolute Gasteiger partial charge is 0.478 e. The Kier molecular flexibility index (Phi) is 3.47. The van der Waals surface area contributed by atoms with Gasteiger partial charge in [0, 0.05) is 6.20 Å². The van der Waals surface area contributed by atoms with Crippen molar-refractivity contribution in [1.29, 1.82) is 0 Å². The van der Waals surface area contributed by atoms with E-state index in [1.165, 1.54) is 12.3 Å². The molecule has 0 fully saturated rings. The van der Waals surface area contributed by atoms with Crippen molar-refractivity contribution in [2.45, 2.75) is 13.0 Å². The van der Waals surface area contributed by atoms with Gasteiger partial charge < -0.3 is 16.2 Å². The molecule has 0 bridgehead atoms. The smallest absolute Gasteiger partial charge is 0.337 e. The van der Waals surface area contributed by atoms with E-state index in [9.17, 15) is 4.79 Å². The van der Waals surface area contributed by atoms with E-state index >= 15 is 0 Å². The third-order valence-corrected chi connectivity index (χ3v) is 3.32. The van der Waals surface area contributed by atoms with E-state index in [1.54, 1.807) is 11.3 Å². The van der Waals surface area contributed by atoms with E-state index in [1.807, 2.05) is 23.8 Å². The van der Waals surface area contributed by atoms with Crippen LogP contribution in [-0.4, -0.2) is 16.1 Å². The van der Waals surface area contributed by atoms with Crippen LogP contribution < -0.4 is 11.1 Å². The number of nitrogen functional groups attached to an aromatic ring is 1. The van der Waals surface area contributed by atoms with Gasteiger partial charge in [-0.2, -0.15) is 11.3 Å². The first-order valence-electron chi connectivity index (χ1n) is 5.36. The first kappa shape index (κ1) is 12.4. The summed E-state index contributed by atoms with van der Waals surface area (Å²) in [4.78, 5) is 15.0. The minimum atomic E-state index is -1.05. The van der Waals surface area contributed by atoms with Crippen LogP contribution >= 0.6 is 11.3 Å². The number of rotatable bonds is 4. The van der Waals surface area contributed by atoms with Gasteiger partial charge in [-0.25, -0.2) is 9.78 Å². The lowest BCUT2D eigenvalue weighted by atomic mass is 10.1. The number of hydrogen-bond donors (Lipinski definition) is 3. The van der Waals surface area contributed by atoms with Crippen LogP contribution in [0.2, 0.25) is 0 Å². The number of nitrogens with one attached hydrogen (secondary N) is 1. The summed E-state index contributed by atoms with van der Waals surface area (Å²) in [7, 11) is 0. The van der Waals surface area contributed by atoms with E-state index in [4.69, 9.17) is 10.8 Å². The molecule has 2 rings (SSSR count). The van der Waals surface area contributed by atoms with Gasteiger partial charge in [0.05, 0.1) is 17.3 Å². The Morgan fingerprint density at radius 3 is 2.94 bits per heavy atom. The zero-order valence-corrected chi connectivity index (χ0v) is 10.6. The van der Waals surface area contributed by atoms with Crippen molar-refractivity contribution in [1.82, 2.24) is 4.98 Å². The number of nitrogens with two attached hydrogens (primary N) is 1. The van der Waals surface area contributed by atoms with Crippen molar-refractivity contribution in [3.63, 3.8) is 0 Å². The second kappa shape index (κ2) is 5.05. The van der Waals surface area contributed by atoms with E-state index < -0.39 is 5.97 Å². The van der Waals surface area contributed by atoms with Crippen LogP contribution in [0.1, 0.15) is 28.9 Å². The van der Waals surface area contributed by atoms with Gasteiger partial charge in [-0.3, -0.25) is 0 Å². The van der Waals surface area contributed by atoms with Crippen molar-refractivity contribution < 1.29 is 9.90 Å². The number of nitrogens with zero attached hydrogens (tertiary/aromatic N) is 1. The Balaban J connectivity index is 2.24. The number of carboxylic acid groups (broad SMARTS) is 1. The van der Waals surface area contributed by atoms with Crippen molar-refractivity contribution in [2.24, 2.45) is 0 Å². The predicted octanol–water partition coefficient (Wildman–Crippen LogP) is 2.60. The van der Waals surface area contributed by atoms with Crippen molar-refractivity contribution in [3.8, 4) is 0 Å². The normalized spacial score (nSPS) is 12.1. The maximum absolute atomic E-state index is 11.0.